The summed E-state index contributed by atoms with van der Waals surface area (Å²) in [5, 5.41) is 54.7. The molecular weight excluding hydrogens is 828 g/mol. The molecule has 0 fully saturated rings. The second-order valence-electron chi connectivity index (χ2n) is 11.6. The van der Waals surface area contributed by atoms with Gasteiger partial charge in [0.15, 0.2) is 0 Å². The second kappa shape index (κ2) is 30.5. The van der Waals surface area contributed by atoms with E-state index in [1.807, 2.05) is 5.32 Å². The molecule has 0 spiro atoms. The van der Waals surface area contributed by atoms with E-state index in [1.54, 1.807) is 0 Å². The fourth-order valence-electron chi connectivity index (χ4n) is 3.64. The monoisotopic (exact) mass is 876 g/mol. The van der Waals surface area contributed by atoms with Crippen molar-refractivity contribution in [3.05, 3.63) is 0 Å². The Bertz CT molecular complexity index is 1640. The van der Waals surface area contributed by atoms with E-state index in [4.69, 9.17) is 10.8 Å². The van der Waals surface area contributed by atoms with Crippen LogP contribution >= 0.6 is 0 Å². The first kappa shape index (κ1) is 53.5. The molecule has 0 aromatic carbocycles. The highest BCUT2D eigenvalue weighted by molar-refractivity contribution is 5.96. The minimum Gasteiger partial charge on any atom is -0.480 e. The maximum absolute atomic E-state index is 12.3. The van der Waals surface area contributed by atoms with Gasteiger partial charge < -0.3 is 90.2 Å². The van der Waals surface area contributed by atoms with E-state index in [0.29, 0.717) is 0 Å². The van der Waals surface area contributed by atoms with Crippen molar-refractivity contribution in [1.29, 1.82) is 0 Å². The molecule has 0 aliphatic rings. The lowest BCUT2D eigenvalue weighted by Crippen LogP contribution is -2.53. The van der Waals surface area contributed by atoms with Crippen molar-refractivity contribution < 1.29 is 82.4 Å². The molecule has 0 aliphatic heterocycles. The molecule has 0 saturated carbocycles. The Morgan fingerprint density at radius 1 is 0.328 bits per heavy atom. The molecule has 31 nitrogen and oxygen atoms in total. The average molecular weight is 877 g/mol. The summed E-state index contributed by atoms with van der Waals surface area (Å²) in [6, 6.07) is -3.14. The molecular formula is C30H48N14O17. The number of nitrogens with two attached hydrogens (primary N) is 1. The van der Waals surface area contributed by atoms with Crippen LogP contribution in [0.3, 0.4) is 0 Å². The summed E-state index contributed by atoms with van der Waals surface area (Å²) in [6.07, 6.45) is 0. The molecule has 0 heterocycles. The van der Waals surface area contributed by atoms with Gasteiger partial charge in [-0.05, 0) is 0 Å². The minimum absolute atomic E-state index is 0.344. The second-order valence-corrected chi connectivity index (χ2v) is 11.6. The summed E-state index contributed by atoms with van der Waals surface area (Å²) in [5.74, 6) is -12.6. The van der Waals surface area contributed by atoms with Gasteiger partial charge in [0.2, 0.25) is 76.8 Å². The van der Waals surface area contributed by atoms with E-state index in [9.17, 15) is 77.3 Å². The Morgan fingerprint density at radius 2 is 0.541 bits per heavy atom. The molecule has 0 saturated heterocycles. The molecule has 13 amide bonds. The van der Waals surface area contributed by atoms with Gasteiger partial charge in [-0.15, -0.1) is 0 Å². The van der Waals surface area contributed by atoms with Crippen LogP contribution < -0.4 is 74.9 Å². The van der Waals surface area contributed by atoms with Crippen LogP contribution in [-0.4, -0.2) is 202 Å². The molecule has 31 heteroatoms. The quantitative estimate of drug-likeness (QED) is 0.0332. The average Bonchev–Trinajstić information content (AvgIpc) is 3.23. The van der Waals surface area contributed by atoms with E-state index in [1.165, 1.54) is 0 Å². The Balaban J connectivity index is 4.35. The van der Waals surface area contributed by atoms with Crippen LogP contribution in [0, 0.1) is 0 Å². The number of carbonyl (C=O) groups is 14. The van der Waals surface area contributed by atoms with Crippen molar-refractivity contribution in [1.82, 2.24) is 69.1 Å². The van der Waals surface area contributed by atoms with Gasteiger partial charge >= 0.3 is 5.97 Å². The van der Waals surface area contributed by atoms with E-state index in [2.05, 4.69) is 63.8 Å². The summed E-state index contributed by atoms with van der Waals surface area (Å²) in [5.41, 5.74) is 5.07. The predicted molar refractivity (Wildman–Crippen MR) is 198 cm³/mol. The van der Waals surface area contributed by atoms with Crippen molar-refractivity contribution >= 4 is 82.8 Å². The molecule has 18 N–H and O–H groups in total. The molecule has 0 aliphatic carbocycles. The van der Waals surface area contributed by atoms with Crippen LogP contribution in [-0.2, 0) is 67.1 Å². The highest BCUT2D eigenvalue weighted by Gasteiger charge is 2.22. The predicted octanol–water partition coefficient (Wildman–Crippen LogP) is -13.7. The van der Waals surface area contributed by atoms with Crippen molar-refractivity contribution in [2.24, 2.45) is 5.73 Å². The molecule has 2 atom stereocenters. The third kappa shape index (κ3) is 27.7. The number of rotatable bonds is 29. The van der Waals surface area contributed by atoms with Crippen LogP contribution in [0.25, 0.3) is 0 Å². The molecule has 0 radical (unpaired) electrons. The van der Waals surface area contributed by atoms with Gasteiger partial charge in [-0.3, -0.25) is 67.1 Å². The molecule has 340 valence electrons. The lowest BCUT2D eigenvalue weighted by Gasteiger charge is -2.16. The van der Waals surface area contributed by atoms with Gasteiger partial charge in [0.1, 0.15) is 18.6 Å². The van der Waals surface area contributed by atoms with Crippen molar-refractivity contribution in [2.75, 3.05) is 91.8 Å². The zero-order valence-corrected chi connectivity index (χ0v) is 32.2. The number of carboxylic acid groups (broad SMARTS) is 1. The number of amides is 13. The molecule has 0 rings (SSSR count). The highest BCUT2D eigenvalue weighted by Crippen LogP contribution is 1.86. The number of aliphatic hydroxyl groups is 2. The number of carbonyl (C=O) groups excluding carboxylic acids is 13. The summed E-state index contributed by atoms with van der Waals surface area (Å²) < 4.78 is 0. The molecule has 61 heavy (non-hydrogen) atoms. The minimum atomic E-state index is -1.58. The first-order valence-electron chi connectivity index (χ1n) is 17.5. The smallest absolute Gasteiger partial charge is 0.322 e. The number of hydrogen-bond acceptors (Lipinski definition) is 17. The Kier molecular flexibility index (Phi) is 26.8. The zero-order chi connectivity index (χ0) is 46.3. The Hall–Kier alpha value is -7.54. The maximum Gasteiger partial charge on any atom is 0.322 e. The van der Waals surface area contributed by atoms with Crippen LogP contribution in [0.2, 0.25) is 0 Å². The van der Waals surface area contributed by atoms with Gasteiger partial charge in [0, 0.05) is 0 Å². The van der Waals surface area contributed by atoms with Crippen molar-refractivity contribution in [3.63, 3.8) is 0 Å². The van der Waals surface area contributed by atoms with E-state index in [0.717, 1.165) is 0 Å². The van der Waals surface area contributed by atoms with Crippen LogP contribution in [0.5, 0.6) is 0 Å². The van der Waals surface area contributed by atoms with Crippen LogP contribution in [0.4, 0.5) is 0 Å². The summed E-state index contributed by atoms with van der Waals surface area (Å²) in [7, 11) is 0. The molecule has 0 bridgehead atoms. The molecule has 0 aromatic rings. The summed E-state index contributed by atoms with van der Waals surface area (Å²) in [6.45, 7) is -9.24. The van der Waals surface area contributed by atoms with Gasteiger partial charge in [-0.2, -0.15) is 0 Å². The number of carboxylic acids is 1. The van der Waals surface area contributed by atoms with E-state index >= 15 is 0 Å². The number of aliphatic hydroxyl groups excluding tert-OH is 2. The van der Waals surface area contributed by atoms with Crippen molar-refractivity contribution in [2.45, 2.75) is 12.1 Å². The SMILES string of the molecule is NCC(=O)NCC(=O)NCC(=O)NCC(=O)N[C@@H](CO)C(=O)NCC(=O)NCC(=O)NCC(=O)NCC(=O)N[C@@H](CO)C(=O)NCC(=O)NCC(=O)NCC(=O)NCC(=O)O. The van der Waals surface area contributed by atoms with Crippen molar-refractivity contribution in [3.8, 4) is 0 Å². The largest absolute Gasteiger partial charge is 0.480 e. The third-order valence-corrected chi connectivity index (χ3v) is 6.71. The van der Waals surface area contributed by atoms with Crippen LogP contribution in [0.1, 0.15) is 0 Å². The molecule has 0 unspecified atom stereocenters. The van der Waals surface area contributed by atoms with E-state index < -0.39 is 180 Å². The van der Waals surface area contributed by atoms with Gasteiger partial charge in [-0.25, -0.2) is 0 Å². The fourth-order valence-corrected chi connectivity index (χ4v) is 3.64. The third-order valence-electron chi connectivity index (χ3n) is 6.71. The zero-order valence-electron chi connectivity index (χ0n) is 32.2. The lowest BCUT2D eigenvalue weighted by molar-refractivity contribution is -0.138. The topological polar surface area (TPSA) is 482 Å². The first-order valence-corrected chi connectivity index (χ1v) is 17.5. The standard InChI is InChI=1S/C30H48N14O17/c31-1-17(47)32-2-18(48)33-5-21(51)38-10-26(56)43-15(13-45)29(60)41-8-24(54)36-3-19(49)34-6-22(52)39-11-27(57)44-16(14-46)30(61)42-9-25(55)37-4-20(50)35-7-23(53)40-12-28(58)59/h15-16,45-46H,1-14,31H2,(H,32,47)(H,33,48)(H,34,49)(H,35,50)(H,36,54)(H,37,55)(H,38,51)(H,39,52)(H,40,53)(H,41,60)(H,42,61)(H,43,56)(H,44,57)(H,58,59)/t15-,16-/m0/s1. The number of hydrogen-bond donors (Lipinski definition) is 17. The summed E-state index contributed by atoms with van der Waals surface area (Å²) in [4.78, 5) is 165. The van der Waals surface area contributed by atoms with E-state index in [-0.39, 0.29) is 6.54 Å². The van der Waals surface area contributed by atoms with Gasteiger partial charge in [-0.1, -0.05) is 0 Å². The highest BCUT2D eigenvalue weighted by atomic mass is 16.4. The Morgan fingerprint density at radius 3 is 0.770 bits per heavy atom. The fraction of sp³-hybridized carbons (Fsp3) is 0.533. The number of nitrogens with one attached hydrogen (secondary N) is 13. The van der Waals surface area contributed by atoms with Crippen LogP contribution in [0.15, 0.2) is 0 Å². The van der Waals surface area contributed by atoms with Gasteiger partial charge in [0.05, 0.1) is 85.2 Å². The Labute approximate surface area is 343 Å². The molecule has 0 aromatic heterocycles. The lowest BCUT2D eigenvalue weighted by atomic mass is 10.3. The number of aliphatic carboxylic acids is 1. The summed E-state index contributed by atoms with van der Waals surface area (Å²) >= 11 is 0. The maximum atomic E-state index is 12.3. The van der Waals surface area contributed by atoms with Gasteiger partial charge in [0.25, 0.3) is 0 Å². The first-order chi connectivity index (χ1) is 28.8. The normalized spacial score (nSPS) is 11.0.